The zero-order chi connectivity index (χ0) is 19.5. The topological polar surface area (TPSA) is 59.8 Å². The molecule has 0 aliphatic rings. The fourth-order valence-electron chi connectivity index (χ4n) is 3.32. The van der Waals surface area contributed by atoms with Crippen LogP contribution in [0.4, 0.5) is 5.69 Å². The van der Waals surface area contributed by atoms with Crippen molar-refractivity contribution in [2.45, 2.75) is 26.7 Å². The van der Waals surface area contributed by atoms with Gasteiger partial charge in [0, 0.05) is 24.0 Å². The van der Waals surface area contributed by atoms with Crippen molar-refractivity contribution in [3.63, 3.8) is 0 Å². The van der Waals surface area contributed by atoms with Gasteiger partial charge in [-0.2, -0.15) is 0 Å². The second kappa shape index (κ2) is 7.64. The summed E-state index contributed by atoms with van der Waals surface area (Å²) < 4.78 is 2.08. The first-order chi connectivity index (χ1) is 13.7. The first-order valence-corrected chi connectivity index (χ1v) is 9.43. The molecule has 0 atom stereocenters. The molecule has 0 fully saturated rings. The third-order valence-corrected chi connectivity index (χ3v) is 4.78. The Kier molecular flexibility index (Phi) is 4.89. The molecular weight excluding hydrogens is 348 g/mol. The van der Waals surface area contributed by atoms with E-state index < -0.39 is 0 Å². The number of nitrogens with one attached hydrogen (secondary N) is 1. The molecule has 140 valence electrons. The van der Waals surface area contributed by atoms with Gasteiger partial charge in [0.2, 0.25) is 5.91 Å². The average Bonchev–Trinajstić information content (AvgIpc) is 3.09. The summed E-state index contributed by atoms with van der Waals surface area (Å²) in [6, 6.07) is 19.7. The van der Waals surface area contributed by atoms with E-state index in [4.69, 9.17) is 0 Å². The molecule has 0 saturated carbocycles. The van der Waals surface area contributed by atoms with Crippen molar-refractivity contribution in [3.05, 3.63) is 83.8 Å². The fraction of sp³-hybridized carbons (Fsp3) is 0.174. The second-order valence-corrected chi connectivity index (χ2v) is 6.77. The number of aryl methyl sites for hydroxylation is 2. The van der Waals surface area contributed by atoms with Crippen LogP contribution in [-0.4, -0.2) is 20.4 Å². The molecule has 4 aromatic rings. The standard InChI is InChI=1S/C23H22N4O/c1-3-21-25-20-9-6-14-24-23(20)27(21)18-12-10-17(11-13-18)15-22(28)26-19-8-5-4-7-16(19)2/h4-14H,3,15H2,1-2H3,(H,26,28). The molecule has 0 spiro atoms. The number of hydrogen-bond donors (Lipinski definition) is 1. The van der Waals surface area contributed by atoms with Gasteiger partial charge in [-0.15, -0.1) is 0 Å². The van der Waals surface area contributed by atoms with Crippen molar-refractivity contribution < 1.29 is 4.79 Å². The maximum atomic E-state index is 12.4. The lowest BCUT2D eigenvalue weighted by molar-refractivity contribution is -0.115. The predicted molar refractivity (Wildman–Crippen MR) is 112 cm³/mol. The van der Waals surface area contributed by atoms with Crippen molar-refractivity contribution in [1.82, 2.24) is 14.5 Å². The van der Waals surface area contributed by atoms with Crippen LogP contribution in [0, 0.1) is 6.92 Å². The predicted octanol–water partition coefficient (Wildman–Crippen LogP) is 4.47. The van der Waals surface area contributed by atoms with E-state index in [1.165, 1.54) is 0 Å². The molecule has 1 N–H and O–H groups in total. The number of benzene rings is 2. The Labute approximate surface area is 164 Å². The minimum absolute atomic E-state index is 0.0222. The zero-order valence-corrected chi connectivity index (χ0v) is 16.0. The summed E-state index contributed by atoms with van der Waals surface area (Å²) in [5.74, 6) is 0.949. The quantitative estimate of drug-likeness (QED) is 0.564. The van der Waals surface area contributed by atoms with Crippen LogP contribution in [0.1, 0.15) is 23.9 Å². The molecule has 4 rings (SSSR count). The Morgan fingerprint density at radius 1 is 1.04 bits per heavy atom. The fourth-order valence-corrected chi connectivity index (χ4v) is 3.32. The monoisotopic (exact) mass is 370 g/mol. The number of para-hydroxylation sites is 1. The lowest BCUT2D eigenvalue weighted by Gasteiger charge is -2.10. The molecule has 5 heteroatoms. The Hall–Kier alpha value is -3.47. The average molecular weight is 370 g/mol. The highest BCUT2D eigenvalue weighted by molar-refractivity contribution is 5.93. The summed E-state index contributed by atoms with van der Waals surface area (Å²) in [4.78, 5) is 21.5. The van der Waals surface area contributed by atoms with Crippen molar-refractivity contribution in [1.29, 1.82) is 0 Å². The summed E-state index contributed by atoms with van der Waals surface area (Å²) in [5, 5.41) is 2.98. The minimum Gasteiger partial charge on any atom is -0.326 e. The summed E-state index contributed by atoms with van der Waals surface area (Å²) in [6.45, 7) is 4.07. The lowest BCUT2D eigenvalue weighted by atomic mass is 10.1. The first kappa shape index (κ1) is 17.9. The Morgan fingerprint density at radius 3 is 2.57 bits per heavy atom. The van der Waals surface area contributed by atoms with Crippen LogP contribution in [0.25, 0.3) is 16.9 Å². The normalized spacial score (nSPS) is 10.9. The van der Waals surface area contributed by atoms with E-state index in [9.17, 15) is 4.79 Å². The number of aromatic nitrogens is 3. The molecule has 2 heterocycles. The van der Waals surface area contributed by atoms with Gasteiger partial charge < -0.3 is 5.32 Å². The van der Waals surface area contributed by atoms with Crippen LogP contribution in [0.3, 0.4) is 0 Å². The molecule has 0 aliphatic carbocycles. The number of amides is 1. The van der Waals surface area contributed by atoms with Crippen molar-refractivity contribution in [2.24, 2.45) is 0 Å². The number of fused-ring (bicyclic) bond motifs is 1. The van der Waals surface area contributed by atoms with Crippen molar-refractivity contribution in [2.75, 3.05) is 5.32 Å². The number of rotatable bonds is 5. The smallest absolute Gasteiger partial charge is 0.228 e. The molecule has 2 aromatic carbocycles. The van der Waals surface area contributed by atoms with E-state index in [2.05, 4.69) is 26.8 Å². The zero-order valence-electron chi connectivity index (χ0n) is 16.0. The molecule has 1 amide bonds. The summed E-state index contributed by atoms with van der Waals surface area (Å²) >= 11 is 0. The molecule has 0 unspecified atom stereocenters. The minimum atomic E-state index is -0.0222. The van der Waals surface area contributed by atoms with Crippen molar-refractivity contribution in [3.8, 4) is 5.69 Å². The maximum Gasteiger partial charge on any atom is 0.228 e. The van der Waals surface area contributed by atoms with Crippen LogP contribution in [-0.2, 0) is 17.6 Å². The Morgan fingerprint density at radius 2 is 1.82 bits per heavy atom. The largest absolute Gasteiger partial charge is 0.326 e. The number of pyridine rings is 1. The van der Waals surface area contributed by atoms with Gasteiger partial charge in [0.25, 0.3) is 0 Å². The third kappa shape index (κ3) is 3.51. The number of hydrogen-bond acceptors (Lipinski definition) is 3. The van der Waals surface area contributed by atoms with E-state index in [1.54, 1.807) is 6.20 Å². The van der Waals surface area contributed by atoms with Crippen LogP contribution in [0.2, 0.25) is 0 Å². The number of carbonyl (C=O) groups excluding carboxylic acids is 1. The van der Waals surface area contributed by atoms with Crippen molar-refractivity contribution >= 4 is 22.8 Å². The van der Waals surface area contributed by atoms with Gasteiger partial charge in [-0.3, -0.25) is 9.36 Å². The first-order valence-electron chi connectivity index (χ1n) is 9.43. The van der Waals surface area contributed by atoms with Gasteiger partial charge >= 0.3 is 0 Å². The highest BCUT2D eigenvalue weighted by Crippen LogP contribution is 2.21. The van der Waals surface area contributed by atoms with E-state index >= 15 is 0 Å². The number of imidazole rings is 1. The van der Waals surface area contributed by atoms with Crippen LogP contribution >= 0.6 is 0 Å². The van der Waals surface area contributed by atoms with Gasteiger partial charge in [-0.05, 0) is 48.4 Å². The van der Waals surface area contributed by atoms with Gasteiger partial charge in [-0.25, -0.2) is 9.97 Å². The van der Waals surface area contributed by atoms with Crippen LogP contribution in [0.15, 0.2) is 66.9 Å². The highest BCUT2D eigenvalue weighted by Gasteiger charge is 2.12. The highest BCUT2D eigenvalue weighted by atomic mass is 16.1. The van der Waals surface area contributed by atoms with E-state index in [1.807, 2.05) is 67.6 Å². The number of carbonyl (C=O) groups is 1. The molecule has 2 aromatic heterocycles. The maximum absolute atomic E-state index is 12.4. The molecule has 0 bridgehead atoms. The SMILES string of the molecule is CCc1nc2cccnc2n1-c1ccc(CC(=O)Nc2ccccc2C)cc1. The molecule has 28 heavy (non-hydrogen) atoms. The molecule has 0 saturated heterocycles. The van der Waals surface area contributed by atoms with Crippen LogP contribution in [0.5, 0.6) is 0 Å². The summed E-state index contributed by atoms with van der Waals surface area (Å²) in [6.07, 6.45) is 2.93. The van der Waals surface area contributed by atoms with E-state index in [0.29, 0.717) is 6.42 Å². The number of anilines is 1. The Bertz CT molecular complexity index is 1130. The lowest BCUT2D eigenvalue weighted by Crippen LogP contribution is -2.15. The molecular formula is C23H22N4O. The molecule has 0 radical (unpaired) electrons. The molecule has 5 nitrogen and oxygen atoms in total. The van der Waals surface area contributed by atoms with Gasteiger partial charge in [0.1, 0.15) is 11.3 Å². The van der Waals surface area contributed by atoms with E-state index in [0.717, 1.165) is 45.9 Å². The second-order valence-electron chi connectivity index (χ2n) is 6.77. The van der Waals surface area contributed by atoms with Crippen LogP contribution < -0.4 is 5.32 Å². The van der Waals surface area contributed by atoms with Gasteiger partial charge in [0.15, 0.2) is 5.65 Å². The number of nitrogens with zero attached hydrogens (tertiary/aromatic N) is 3. The van der Waals surface area contributed by atoms with E-state index in [-0.39, 0.29) is 5.91 Å². The molecule has 0 aliphatic heterocycles. The summed E-state index contributed by atoms with van der Waals surface area (Å²) in [5.41, 5.74) is 5.61. The summed E-state index contributed by atoms with van der Waals surface area (Å²) in [7, 11) is 0. The van der Waals surface area contributed by atoms with Gasteiger partial charge in [-0.1, -0.05) is 37.3 Å². The Balaban J connectivity index is 1.55. The third-order valence-electron chi connectivity index (χ3n) is 4.78. The van der Waals surface area contributed by atoms with Gasteiger partial charge in [0.05, 0.1) is 6.42 Å².